The Labute approximate surface area is 221 Å². The van der Waals surface area contributed by atoms with Crippen molar-refractivity contribution in [3.05, 3.63) is 35.4 Å². The normalized spacial score (nSPS) is 13.9. The van der Waals surface area contributed by atoms with Crippen LogP contribution in [0.1, 0.15) is 54.0 Å². The number of methoxy groups -OCH3 is 2. The second kappa shape index (κ2) is 13.5. The first-order valence-electron chi connectivity index (χ1n) is 12.4. The fraction of sp³-hybridized carbons (Fsp3) is 0.607. The van der Waals surface area contributed by atoms with Gasteiger partial charge in [0.05, 0.1) is 26.9 Å². The van der Waals surface area contributed by atoms with Crippen LogP contribution in [-0.2, 0) is 24.5 Å². The van der Waals surface area contributed by atoms with Crippen molar-refractivity contribution in [2.75, 3.05) is 41.5 Å². The van der Waals surface area contributed by atoms with E-state index in [-0.39, 0.29) is 25.0 Å². The van der Waals surface area contributed by atoms with Crippen LogP contribution in [0, 0.1) is 5.41 Å². The van der Waals surface area contributed by atoms with Gasteiger partial charge in [-0.1, -0.05) is 46.8 Å². The van der Waals surface area contributed by atoms with E-state index < -0.39 is 28.9 Å². The van der Waals surface area contributed by atoms with Gasteiger partial charge in [-0.15, -0.1) is 0 Å². The number of nitrogens with one attached hydrogen (secondary N) is 2. The van der Waals surface area contributed by atoms with Crippen molar-refractivity contribution in [3.63, 3.8) is 0 Å². The molecule has 208 valence electrons. The number of benzene rings is 1. The summed E-state index contributed by atoms with van der Waals surface area (Å²) >= 11 is 0. The van der Waals surface area contributed by atoms with E-state index in [0.29, 0.717) is 17.1 Å². The molecule has 2 atom stereocenters. The number of nitrogens with zero attached hydrogens (tertiary/aromatic N) is 1. The zero-order valence-corrected chi connectivity index (χ0v) is 24.3. The third-order valence-electron chi connectivity index (χ3n) is 6.42. The minimum Gasteiger partial charge on any atom is -0.497 e. The van der Waals surface area contributed by atoms with Gasteiger partial charge in [-0.25, -0.2) is 4.79 Å². The predicted molar refractivity (Wildman–Crippen MR) is 145 cm³/mol. The number of hydrogen-bond acceptors (Lipinski definition) is 7. The first-order chi connectivity index (χ1) is 17.1. The molecule has 0 radical (unpaired) electrons. The summed E-state index contributed by atoms with van der Waals surface area (Å²) < 4.78 is 15.9. The molecule has 0 saturated heterocycles. The quantitative estimate of drug-likeness (QED) is 0.323. The Kier molecular flexibility index (Phi) is 11.6. The highest BCUT2D eigenvalue weighted by Crippen LogP contribution is 2.37. The third kappa shape index (κ3) is 8.21. The smallest absolute Gasteiger partial charge is 0.333 e. The van der Waals surface area contributed by atoms with Crippen molar-refractivity contribution in [3.8, 4) is 11.5 Å². The van der Waals surface area contributed by atoms with Crippen molar-refractivity contribution in [1.82, 2.24) is 15.5 Å². The van der Waals surface area contributed by atoms with Gasteiger partial charge in [-0.2, -0.15) is 0 Å². The Morgan fingerprint density at radius 3 is 2.16 bits per heavy atom. The van der Waals surface area contributed by atoms with Crippen LogP contribution in [0.15, 0.2) is 29.8 Å². The van der Waals surface area contributed by atoms with Crippen LogP contribution < -0.4 is 20.1 Å². The van der Waals surface area contributed by atoms with Crippen molar-refractivity contribution in [2.45, 2.75) is 66.0 Å². The van der Waals surface area contributed by atoms with Gasteiger partial charge in [0.1, 0.15) is 17.5 Å². The second-order valence-corrected chi connectivity index (χ2v) is 10.6. The van der Waals surface area contributed by atoms with Gasteiger partial charge >= 0.3 is 5.97 Å². The molecule has 0 heterocycles. The predicted octanol–water partition coefficient (Wildman–Crippen LogP) is 3.07. The summed E-state index contributed by atoms with van der Waals surface area (Å²) in [5.74, 6) is 0.255. The average molecular weight is 520 g/mol. The number of carbonyl (C=O) groups is 3. The van der Waals surface area contributed by atoms with Crippen LogP contribution in [0.3, 0.4) is 0 Å². The molecule has 1 rings (SSSR count). The SMILES string of the molecule is CCOC(=O)/C(C)=C/CN(C)C(=O)C(NC(=O)C(NC)C(C)(C)c1ccc(OC)cc1OC)C(C)(C)C. The first-order valence-corrected chi connectivity index (χ1v) is 12.4. The molecular weight excluding hydrogens is 474 g/mol. The van der Waals surface area contributed by atoms with Crippen molar-refractivity contribution in [1.29, 1.82) is 0 Å². The van der Waals surface area contributed by atoms with Crippen LogP contribution in [0.5, 0.6) is 11.5 Å². The number of carbonyl (C=O) groups excluding carboxylic acids is 3. The number of rotatable bonds is 12. The van der Waals surface area contributed by atoms with E-state index in [1.807, 2.05) is 46.8 Å². The summed E-state index contributed by atoms with van der Waals surface area (Å²) in [4.78, 5) is 40.5. The molecule has 2 unspecified atom stereocenters. The lowest BCUT2D eigenvalue weighted by molar-refractivity contribution is -0.139. The number of hydrogen-bond donors (Lipinski definition) is 2. The Balaban J connectivity index is 3.21. The van der Waals surface area contributed by atoms with Crippen LogP contribution in [0.25, 0.3) is 0 Å². The number of esters is 1. The van der Waals surface area contributed by atoms with Crippen LogP contribution in [0.4, 0.5) is 0 Å². The van der Waals surface area contributed by atoms with Gasteiger partial charge in [0.2, 0.25) is 11.8 Å². The topological polar surface area (TPSA) is 106 Å². The highest BCUT2D eigenvalue weighted by molar-refractivity contribution is 5.91. The lowest BCUT2D eigenvalue weighted by atomic mass is 9.76. The molecular formula is C28H45N3O6. The molecule has 0 aliphatic heterocycles. The van der Waals surface area contributed by atoms with E-state index in [1.165, 1.54) is 4.90 Å². The number of ether oxygens (including phenoxy) is 3. The van der Waals surface area contributed by atoms with Crippen LogP contribution in [-0.4, -0.2) is 76.2 Å². The van der Waals surface area contributed by atoms with E-state index in [0.717, 1.165) is 5.56 Å². The molecule has 0 spiro atoms. The molecule has 9 nitrogen and oxygen atoms in total. The summed E-state index contributed by atoms with van der Waals surface area (Å²) in [7, 11) is 6.51. The van der Waals surface area contributed by atoms with E-state index >= 15 is 0 Å². The number of amides is 2. The van der Waals surface area contributed by atoms with Gasteiger partial charge in [0.15, 0.2) is 0 Å². The van der Waals surface area contributed by atoms with Crippen molar-refractivity contribution >= 4 is 17.8 Å². The maximum Gasteiger partial charge on any atom is 0.333 e. The monoisotopic (exact) mass is 519 g/mol. The minimum atomic E-state index is -0.800. The summed E-state index contributed by atoms with van der Waals surface area (Å²) in [6.07, 6.45) is 1.65. The molecule has 0 saturated carbocycles. The van der Waals surface area contributed by atoms with E-state index in [4.69, 9.17) is 14.2 Å². The summed E-state index contributed by atoms with van der Waals surface area (Å²) in [6, 6.07) is 4.01. The van der Waals surface area contributed by atoms with E-state index in [2.05, 4.69) is 10.6 Å². The molecule has 0 aromatic heterocycles. The molecule has 1 aromatic rings. The van der Waals surface area contributed by atoms with E-state index in [9.17, 15) is 14.4 Å². The van der Waals surface area contributed by atoms with Crippen molar-refractivity contribution in [2.24, 2.45) is 5.41 Å². The fourth-order valence-corrected chi connectivity index (χ4v) is 4.09. The molecule has 37 heavy (non-hydrogen) atoms. The molecule has 0 aliphatic carbocycles. The number of likely N-dealkylation sites (N-methyl/N-ethyl adjacent to an activating group) is 2. The highest BCUT2D eigenvalue weighted by atomic mass is 16.5. The lowest BCUT2D eigenvalue weighted by Crippen LogP contribution is -2.60. The molecule has 0 bridgehead atoms. The molecule has 2 amide bonds. The Hall–Kier alpha value is -3.07. The fourth-order valence-electron chi connectivity index (χ4n) is 4.09. The molecule has 0 fully saturated rings. The van der Waals surface area contributed by atoms with Crippen LogP contribution >= 0.6 is 0 Å². The van der Waals surface area contributed by atoms with Gasteiger partial charge in [-0.3, -0.25) is 9.59 Å². The Morgan fingerprint density at radius 1 is 1.05 bits per heavy atom. The zero-order chi connectivity index (χ0) is 28.6. The molecule has 1 aromatic carbocycles. The molecule has 0 aliphatic rings. The van der Waals surface area contributed by atoms with Crippen LogP contribution in [0.2, 0.25) is 0 Å². The van der Waals surface area contributed by atoms with Gasteiger partial charge in [-0.05, 0) is 32.4 Å². The lowest BCUT2D eigenvalue weighted by Gasteiger charge is -2.38. The van der Waals surface area contributed by atoms with Crippen molar-refractivity contribution < 1.29 is 28.6 Å². The Morgan fingerprint density at radius 2 is 1.68 bits per heavy atom. The maximum atomic E-state index is 13.6. The van der Waals surface area contributed by atoms with Gasteiger partial charge in [0.25, 0.3) is 0 Å². The highest BCUT2D eigenvalue weighted by Gasteiger charge is 2.41. The average Bonchev–Trinajstić information content (AvgIpc) is 2.84. The second-order valence-electron chi connectivity index (χ2n) is 10.6. The van der Waals surface area contributed by atoms with Gasteiger partial charge < -0.3 is 29.7 Å². The molecule has 2 N–H and O–H groups in total. The zero-order valence-electron chi connectivity index (χ0n) is 24.3. The summed E-state index contributed by atoms with van der Waals surface area (Å²) in [6.45, 7) is 13.5. The summed E-state index contributed by atoms with van der Waals surface area (Å²) in [5.41, 5.74) is -0.0297. The van der Waals surface area contributed by atoms with E-state index in [1.54, 1.807) is 54.3 Å². The first kappa shape index (κ1) is 32.0. The summed E-state index contributed by atoms with van der Waals surface area (Å²) in [5, 5.41) is 6.11. The standard InChI is InChI=1S/C28H45N3O6/c1-12-37-26(34)18(2)15-16-31(9)25(33)23(27(3,4)5)30-24(32)22(29-8)28(6,7)20-14-13-19(35-10)17-21(20)36-11/h13-15,17,22-23,29H,12,16H2,1-11H3,(H,30,32)/b18-15+. The minimum absolute atomic E-state index is 0.204. The third-order valence-corrected chi connectivity index (χ3v) is 6.42. The maximum absolute atomic E-state index is 13.6. The Bertz CT molecular complexity index is 981. The largest absolute Gasteiger partial charge is 0.497 e. The molecule has 9 heteroatoms. The van der Waals surface area contributed by atoms with Gasteiger partial charge in [0, 0.05) is 36.2 Å².